The van der Waals surface area contributed by atoms with Gasteiger partial charge >= 0.3 is 257 Å². The van der Waals surface area contributed by atoms with Gasteiger partial charge in [0, 0.05) is 0 Å². The molecule has 2 radical (unpaired) electrons. The summed E-state index contributed by atoms with van der Waals surface area (Å²) in [4.78, 5) is 0. The van der Waals surface area contributed by atoms with Crippen molar-refractivity contribution in [2.24, 2.45) is 0 Å². The molecule has 0 bridgehead atoms. The molecule has 214 valence electrons. The zero-order valence-corrected chi connectivity index (χ0v) is 38.5. The molecule has 2 fully saturated rings. The molecule has 0 atom stereocenters. The van der Waals surface area contributed by atoms with Gasteiger partial charge in [-0.05, 0) is 0 Å². The fourth-order valence-corrected chi connectivity index (χ4v) is 50.3. The van der Waals surface area contributed by atoms with Gasteiger partial charge in [-0.1, -0.05) is 0 Å². The van der Waals surface area contributed by atoms with Crippen LogP contribution in [0.25, 0.3) is 0 Å². The predicted octanol–water partition coefficient (Wildman–Crippen LogP) is 6.31. The van der Waals surface area contributed by atoms with E-state index >= 15 is 0 Å². The van der Waals surface area contributed by atoms with Gasteiger partial charge in [0.05, 0.1) is 0 Å². The molecule has 0 aromatic rings. The zero-order chi connectivity index (χ0) is 29.1. The van der Waals surface area contributed by atoms with Gasteiger partial charge in [0.25, 0.3) is 0 Å². The summed E-state index contributed by atoms with van der Waals surface area (Å²) in [6.07, 6.45) is 0. The SMILES string of the molecule is CC(C)(C)[N]1[Bi][N](C(C)(C)C)[Si](C)(C)O[Si]1(C)C.CC(C)(C)[N]1[Bi][N](C(C)(C)C)[Si](C)(C)O[Si]1(C)C. The maximum atomic E-state index is 6.71. The van der Waals surface area contributed by atoms with Crippen LogP contribution in [-0.4, -0.2) is 114 Å². The Hall–Kier alpha value is 2.39. The van der Waals surface area contributed by atoms with E-state index in [1.165, 1.54) is 0 Å². The van der Waals surface area contributed by atoms with Crippen LogP contribution in [0.15, 0.2) is 0 Å². The van der Waals surface area contributed by atoms with Crippen molar-refractivity contribution in [1.82, 2.24) is 10.0 Å². The monoisotopic (exact) mass is 966 g/mol. The first kappa shape index (κ1) is 36.4. The second-order valence-electron chi connectivity index (χ2n) is 16.1. The van der Waals surface area contributed by atoms with E-state index < -0.39 is 81.5 Å². The van der Waals surface area contributed by atoms with E-state index in [0.29, 0.717) is 0 Å². The summed E-state index contributed by atoms with van der Waals surface area (Å²) >= 11 is -1.71. The Kier molecular flexibility index (Phi) is 11.4. The van der Waals surface area contributed by atoms with Gasteiger partial charge in [0.2, 0.25) is 0 Å². The molecule has 0 aromatic heterocycles. The molecule has 0 aromatic carbocycles. The van der Waals surface area contributed by atoms with E-state index in [1.807, 2.05) is 0 Å². The maximum absolute atomic E-state index is 6.71. The molecule has 2 aliphatic heterocycles. The summed E-state index contributed by atoms with van der Waals surface area (Å²) in [5.41, 5.74) is 1.00. The van der Waals surface area contributed by atoms with Crippen molar-refractivity contribution in [3.05, 3.63) is 0 Å². The quantitative estimate of drug-likeness (QED) is 0.265. The van der Waals surface area contributed by atoms with Crippen LogP contribution < -0.4 is 0 Å². The Morgan fingerprint density at radius 1 is 0.361 bits per heavy atom. The van der Waals surface area contributed by atoms with Crippen LogP contribution in [0, 0.1) is 0 Å². The Bertz CT molecular complexity index is 646. The van der Waals surface area contributed by atoms with Gasteiger partial charge in [0.1, 0.15) is 0 Å². The van der Waals surface area contributed by atoms with E-state index in [1.54, 1.807) is 0 Å². The van der Waals surface area contributed by atoms with E-state index in [2.05, 4.69) is 145 Å². The molecular formula is C24H60Bi2N4O2Si4. The molecule has 0 spiro atoms. The van der Waals surface area contributed by atoms with E-state index in [4.69, 9.17) is 8.23 Å². The van der Waals surface area contributed by atoms with Gasteiger partial charge in [-0.25, -0.2) is 0 Å². The molecule has 2 saturated heterocycles. The minimum absolute atomic E-state index is 0.251. The average molecular weight is 967 g/mol. The van der Waals surface area contributed by atoms with Gasteiger partial charge < -0.3 is 0 Å². The molecular weight excluding hydrogens is 907 g/mol. The van der Waals surface area contributed by atoms with Gasteiger partial charge in [-0.3, -0.25) is 0 Å². The van der Waals surface area contributed by atoms with Crippen LogP contribution in [0.1, 0.15) is 83.1 Å². The Morgan fingerprint density at radius 2 is 0.500 bits per heavy atom. The minimum atomic E-state index is -1.68. The van der Waals surface area contributed by atoms with E-state index in [-0.39, 0.29) is 22.2 Å². The molecule has 0 aliphatic carbocycles. The number of nitrogens with zero attached hydrogens (tertiary/aromatic N) is 4. The van der Waals surface area contributed by atoms with Gasteiger partial charge in [0.15, 0.2) is 0 Å². The number of rotatable bonds is 0. The fourth-order valence-electron chi connectivity index (χ4n) is 5.77. The summed E-state index contributed by atoms with van der Waals surface area (Å²) in [5.74, 6) is 0. The second-order valence-corrected chi connectivity index (χ2v) is 44.8. The Morgan fingerprint density at radius 3 is 0.611 bits per heavy atom. The molecule has 0 N–H and O–H groups in total. The second kappa shape index (κ2) is 11.2. The van der Waals surface area contributed by atoms with Crippen molar-refractivity contribution < 1.29 is 8.23 Å². The molecule has 12 heteroatoms. The van der Waals surface area contributed by atoms with Crippen molar-refractivity contribution in [2.75, 3.05) is 0 Å². The Balaban J connectivity index is 0.000000360. The van der Waals surface area contributed by atoms with Crippen LogP contribution in [0.5, 0.6) is 0 Å². The molecule has 6 nitrogen and oxygen atoms in total. The summed E-state index contributed by atoms with van der Waals surface area (Å²) in [7, 11) is -6.71. The summed E-state index contributed by atoms with van der Waals surface area (Å²) < 4.78 is 24.6. The first-order valence-electron chi connectivity index (χ1n) is 13.4. The molecule has 2 rings (SSSR count). The van der Waals surface area contributed by atoms with Crippen LogP contribution in [-0.2, 0) is 8.23 Å². The number of hydrogen-bond donors (Lipinski definition) is 0. The first-order chi connectivity index (χ1) is 15.4. The average Bonchev–Trinajstić information content (AvgIpc) is 2.45. The molecule has 0 unspecified atom stereocenters. The predicted molar refractivity (Wildman–Crippen MR) is 170 cm³/mol. The zero-order valence-electron chi connectivity index (χ0n) is 27.5. The molecule has 2 aliphatic rings. The van der Waals surface area contributed by atoms with Crippen LogP contribution >= 0.6 is 0 Å². The van der Waals surface area contributed by atoms with Crippen LogP contribution in [0.4, 0.5) is 0 Å². The van der Waals surface area contributed by atoms with Crippen molar-refractivity contribution in [2.45, 2.75) is 158 Å². The Labute approximate surface area is 255 Å². The topological polar surface area (TPSA) is 31.4 Å². The first-order valence-corrected chi connectivity index (χ1v) is 31.0. The third kappa shape index (κ3) is 9.20. The van der Waals surface area contributed by atoms with Crippen LogP contribution in [0.2, 0.25) is 52.4 Å². The fraction of sp³-hybridized carbons (Fsp3) is 1.00. The summed E-state index contributed by atoms with van der Waals surface area (Å²) in [6.45, 7) is 47.2. The third-order valence-electron chi connectivity index (χ3n) is 5.94. The normalized spacial score (nSPS) is 26.3. The van der Waals surface area contributed by atoms with Crippen molar-refractivity contribution in [1.29, 1.82) is 0 Å². The summed E-state index contributed by atoms with van der Waals surface area (Å²) in [6, 6.07) is 0. The van der Waals surface area contributed by atoms with Gasteiger partial charge in [-0.2, -0.15) is 0 Å². The standard InChI is InChI=1S/2C12H30N2OSi2.2Bi/c2*1-11(2,3)13-16(7,8)15-17(9,10)14-12(4,5)6;;/h2*1-10H3;;/q2*-2;2*+2. The van der Waals surface area contributed by atoms with Gasteiger partial charge in [-0.15, -0.1) is 0 Å². The summed E-state index contributed by atoms with van der Waals surface area (Å²) in [5, 5.41) is 0. The van der Waals surface area contributed by atoms with E-state index in [0.717, 1.165) is 0 Å². The molecule has 2 heterocycles. The van der Waals surface area contributed by atoms with Crippen molar-refractivity contribution in [3.63, 3.8) is 0 Å². The third-order valence-corrected chi connectivity index (χ3v) is 58.4. The molecule has 0 saturated carbocycles. The molecule has 0 amide bonds. The molecule has 36 heavy (non-hydrogen) atoms. The van der Waals surface area contributed by atoms with Crippen LogP contribution in [0.3, 0.4) is 0 Å². The number of hydrogen-bond acceptors (Lipinski definition) is 6. The van der Waals surface area contributed by atoms with Crippen molar-refractivity contribution in [3.8, 4) is 0 Å². The van der Waals surface area contributed by atoms with Crippen molar-refractivity contribution >= 4 is 81.5 Å². The van der Waals surface area contributed by atoms with E-state index in [9.17, 15) is 0 Å².